The van der Waals surface area contributed by atoms with Crippen LogP contribution >= 0.6 is 0 Å². The minimum atomic E-state index is 0.898. The van der Waals surface area contributed by atoms with Crippen LogP contribution in [0.3, 0.4) is 0 Å². The summed E-state index contributed by atoms with van der Waals surface area (Å²) in [5.41, 5.74) is 9.22. The summed E-state index contributed by atoms with van der Waals surface area (Å²) >= 11 is 0. The van der Waals surface area contributed by atoms with E-state index < -0.39 is 0 Å². The van der Waals surface area contributed by atoms with Crippen molar-refractivity contribution in [1.29, 1.82) is 0 Å². The maximum Gasteiger partial charge on any atom is 0.0346 e. The zero-order chi connectivity index (χ0) is 10.6. The summed E-state index contributed by atoms with van der Waals surface area (Å²) in [5.74, 6) is 0. The van der Waals surface area contributed by atoms with E-state index in [2.05, 4.69) is 36.9 Å². The predicted octanol–water partition coefficient (Wildman–Crippen LogP) is 2.42. The van der Waals surface area contributed by atoms with E-state index in [4.69, 9.17) is 5.73 Å². The second-order valence-corrected chi connectivity index (χ2v) is 3.65. The average Bonchev–Trinajstić information content (AvgIpc) is 2.19. The van der Waals surface area contributed by atoms with E-state index in [1.807, 2.05) is 6.92 Å². The maximum absolute atomic E-state index is 5.86. The minimum absolute atomic E-state index is 0.898. The van der Waals surface area contributed by atoms with Crippen molar-refractivity contribution in [2.45, 2.75) is 27.3 Å². The molecule has 0 saturated carbocycles. The van der Waals surface area contributed by atoms with Gasteiger partial charge < -0.3 is 5.73 Å². The van der Waals surface area contributed by atoms with Gasteiger partial charge in [0.25, 0.3) is 0 Å². The molecule has 1 aromatic carbocycles. The summed E-state index contributed by atoms with van der Waals surface area (Å²) in [4.78, 5) is 2.38. The number of nitrogens with two attached hydrogens (primary N) is 1. The molecule has 0 spiro atoms. The molecule has 0 atom stereocenters. The van der Waals surface area contributed by atoms with Gasteiger partial charge >= 0.3 is 0 Å². The van der Waals surface area contributed by atoms with Crippen molar-refractivity contribution in [3.05, 3.63) is 29.3 Å². The van der Waals surface area contributed by atoms with Crippen LogP contribution in [0.15, 0.2) is 18.2 Å². The fraction of sp³-hybridized carbons (Fsp3) is 0.500. The van der Waals surface area contributed by atoms with Crippen LogP contribution in [0.4, 0.5) is 5.69 Å². The summed E-state index contributed by atoms with van der Waals surface area (Å²) in [7, 11) is 0. The largest absolute Gasteiger partial charge is 0.399 e. The first-order chi connectivity index (χ1) is 6.67. The first-order valence-electron chi connectivity index (χ1n) is 5.24. The number of nitrogen functional groups attached to an aromatic ring is 1. The van der Waals surface area contributed by atoms with Gasteiger partial charge in [-0.05, 0) is 37.2 Å². The Kier molecular flexibility index (Phi) is 3.96. The SMILES string of the molecule is CCN(CC)Cc1ccc(C)c(N)c1. The third kappa shape index (κ3) is 2.74. The van der Waals surface area contributed by atoms with Gasteiger partial charge in [-0.15, -0.1) is 0 Å². The number of rotatable bonds is 4. The second kappa shape index (κ2) is 5.01. The van der Waals surface area contributed by atoms with Crippen LogP contribution in [0.25, 0.3) is 0 Å². The molecule has 78 valence electrons. The van der Waals surface area contributed by atoms with E-state index in [9.17, 15) is 0 Å². The van der Waals surface area contributed by atoms with E-state index in [1.54, 1.807) is 0 Å². The lowest BCUT2D eigenvalue weighted by atomic mass is 10.1. The number of nitrogens with zero attached hydrogens (tertiary/aromatic N) is 1. The molecule has 0 aliphatic rings. The van der Waals surface area contributed by atoms with Gasteiger partial charge in [-0.2, -0.15) is 0 Å². The smallest absolute Gasteiger partial charge is 0.0346 e. The number of aryl methyl sites for hydroxylation is 1. The standard InChI is InChI=1S/C12H20N2/c1-4-14(5-2)9-11-7-6-10(3)12(13)8-11/h6-8H,4-5,9,13H2,1-3H3. The van der Waals surface area contributed by atoms with E-state index in [1.165, 1.54) is 5.56 Å². The molecule has 0 fully saturated rings. The van der Waals surface area contributed by atoms with Gasteiger partial charge in [0.05, 0.1) is 0 Å². The fourth-order valence-electron chi connectivity index (χ4n) is 1.49. The zero-order valence-corrected chi connectivity index (χ0v) is 9.38. The molecule has 0 heterocycles. The summed E-state index contributed by atoms with van der Waals surface area (Å²) in [5, 5.41) is 0. The van der Waals surface area contributed by atoms with Crippen molar-refractivity contribution in [3.8, 4) is 0 Å². The Morgan fingerprint density at radius 3 is 2.36 bits per heavy atom. The molecule has 0 unspecified atom stereocenters. The minimum Gasteiger partial charge on any atom is -0.399 e. The predicted molar refractivity (Wildman–Crippen MR) is 62.2 cm³/mol. The van der Waals surface area contributed by atoms with Gasteiger partial charge in [0, 0.05) is 12.2 Å². The number of hydrogen-bond donors (Lipinski definition) is 1. The summed E-state index contributed by atoms with van der Waals surface area (Å²) < 4.78 is 0. The highest BCUT2D eigenvalue weighted by Gasteiger charge is 2.02. The molecular formula is C12H20N2. The lowest BCUT2D eigenvalue weighted by Crippen LogP contribution is -2.22. The molecule has 14 heavy (non-hydrogen) atoms. The van der Waals surface area contributed by atoms with Gasteiger partial charge in [-0.1, -0.05) is 26.0 Å². The lowest BCUT2D eigenvalue weighted by Gasteiger charge is -2.18. The topological polar surface area (TPSA) is 29.3 Å². The van der Waals surface area contributed by atoms with Gasteiger partial charge in [0.15, 0.2) is 0 Å². The molecule has 1 aromatic rings. The summed E-state index contributed by atoms with van der Waals surface area (Å²) in [6.45, 7) is 9.57. The molecule has 0 aliphatic heterocycles. The molecule has 2 N–H and O–H groups in total. The highest BCUT2D eigenvalue weighted by Crippen LogP contribution is 2.14. The van der Waals surface area contributed by atoms with Crippen LogP contribution < -0.4 is 5.73 Å². The molecule has 0 saturated heterocycles. The van der Waals surface area contributed by atoms with Gasteiger partial charge in [-0.3, -0.25) is 4.90 Å². The number of anilines is 1. The van der Waals surface area contributed by atoms with Crippen LogP contribution in [0, 0.1) is 6.92 Å². The van der Waals surface area contributed by atoms with E-state index in [0.29, 0.717) is 0 Å². The van der Waals surface area contributed by atoms with Crippen LogP contribution in [0.2, 0.25) is 0 Å². The lowest BCUT2D eigenvalue weighted by molar-refractivity contribution is 0.296. The zero-order valence-electron chi connectivity index (χ0n) is 9.38. The van der Waals surface area contributed by atoms with Crippen LogP contribution in [0.5, 0.6) is 0 Å². The Labute approximate surface area is 86.7 Å². The van der Waals surface area contributed by atoms with E-state index >= 15 is 0 Å². The molecule has 1 rings (SSSR count). The van der Waals surface area contributed by atoms with E-state index in [-0.39, 0.29) is 0 Å². The quantitative estimate of drug-likeness (QED) is 0.742. The number of benzene rings is 1. The Bertz CT molecular complexity index is 290. The maximum atomic E-state index is 5.86. The van der Waals surface area contributed by atoms with Crippen molar-refractivity contribution in [3.63, 3.8) is 0 Å². The third-order valence-electron chi connectivity index (χ3n) is 2.64. The van der Waals surface area contributed by atoms with Gasteiger partial charge in [-0.25, -0.2) is 0 Å². The highest BCUT2D eigenvalue weighted by molar-refractivity contribution is 5.48. The molecule has 0 bridgehead atoms. The van der Waals surface area contributed by atoms with Crippen molar-refractivity contribution in [1.82, 2.24) is 4.90 Å². The Morgan fingerprint density at radius 1 is 1.21 bits per heavy atom. The third-order valence-corrected chi connectivity index (χ3v) is 2.64. The molecule has 0 amide bonds. The Hall–Kier alpha value is -1.02. The molecular weight excluding hydrogens is 172 g/mol. The van der Waals surface area contributed by atoms with Crippen molar-refractivity contribution in [2.24, 2.45) is 0 Å². The van der Waals surface area contributed by atoms with Crippen LogP contribution in [-0.2, 0) is 6.54 Å². The number of hydrogen-bond acceptors (Lipinski definition) is 2. The Balaban J connectivity index is 2.72. The van der Waals surface area contributed by atoms with Gasteiger partial charge in [0.2, 0.25) is 0 Å². The van der Waals surface area contributed by atoms with Crippen molar-refractivity contribution in [2.75, 3.05) is 18.8 Å². The summed E-state index contributed by atoms with van der Waals surface area (Å²) in [6, 6.07) is 6.33. The summed E-state index contributed by atoms with van der Waals surface area (Å²) in [6.07, 6.45) is 0. The molecule has 2 heteroatoms. The molecule has 2 nitrogen and oxygen atoms in total. The Morgan fingerprint density at radius 2 is 1.86 bits per heavy atom. The van der Waals surface area contributed by atoms with Gasteiger partial charge in [0.1, 0.15) is 0 Å². The second-order valence-electron chi connectivity index (χ2n) is 3.65. The molecule has 0 radical (unpaired) electrons. The normalized spacial score (nSPS) is 10.9. The van der Waals surface area contributed by atoms with Crippen molar-refractivity contribution >= 4 is 5.69 Å². The van der Waals surface area contributed by atoms with Crippen LogP contribution in [0.1, 0.15) is 25.0 Å². The fourth-order valence-corrected chi connectivity index (χ4v) is 1.49. The van der Waals surface area contributed by atoms with Crippen molar-refractivity contribution < 1.29 is 0 Å². The first kappa shape index (κ1) is 11.1. The molecule has 0 aromatic heterocycles. The van der Waals surface area contributed by atoms with Crippen LogP contribution in [-0.4, -0.2) is 18.0 Å². The van der Waals surface area contributed by atoms with E-state index in [0.717, 1.165) is 30.9 Å². The first-order valence-corrected chi connectivity index (χ1v) is 5.24. The monoisotopic (exact) mass is 192 g/mol. The molecule has 0 aliphatic carbocycles. The average molecular weight is 192 g/mol. The highest BCUT2D eigenvalue weighted by atomic mass is 15.1.